The first-order chi connectivity index (χ1) is 17.9. The second kappa shape index (κ2) is 13.2. The molecule has 0 amide bonds. The Balaban J connectivity index is 2.27. The number of carboxylic acid groups (broad SMARTS) is 1. The van der Waals surface area contributed by atoms with Crippen LogP contribution >= 0.6 is 0 Å². The van der Waals surface area contributed by atoms with Crippen LogP contribution in [0.5, 0.6) is 11.5 Å². The minimum absolute atomic E-state index is 0.0807. The topological polar surface area (TPSA) is 55.8 Å². The minimum Gasteiger partial charge on any atom is -0.541 e. The van der Waals surface area contributed by atoms with Gasteiger partial charge < -0.3 is 14.0 Å². The molecule has 2 aromatic rings. The van der Waals surface area contributed by atoms with Crippen molar-refractivity contribution in [2.24, 2.45) is 0 Å². The van der Waals surface area contributed by atoms with E-state index >= 15 is 0 Å². The molecule has 0 aliphatic heterocycles. The van der Waals surface area contributed by atoms with Crippen molar-refractivity contribution >= 4 is 40.8 Å². The SMILES string of the molecule is CC(C)(C)[Si](C)(C)Oc1ccc(/C=C/c2cccc(/C=C/CCCCC(=O)O)c2)cc1O[Si](C)(C)C(C)(C)C. The van der Waals surface area contributed by atoms with Gasteiger partial charge in [0.1, 0.15) is 11.5 Å². The first-order valence-electron chi connectivity index (χ1n) is 14.1. The molecule has 0 bridgehead atoms. The summed E-state index contributed by atoms with van der Waals surface area (Å²) in [4.78, 5) is 10.6. The molecule has 2 rings (SSSR count). The lowest BCUT2D eigenvalue weighted by atomic mass is 10.1. The summed E-state index contributed by atoms with van der Waals surface area (Å²) in [6, 6.07) is 14.7. The van der Waals surface area contributed by atoms with E-state index in [-0.39, 0.29) is 16.5 Å². The molecule has 0 aliphatic carbocycles. The molecule has 0 radical (unpaired) electrons. The van der Waals surface area contributed by atoms with E-state index in [4.69, 9.17) is 14.0 Å². The zero-order chi connectivity index (χ0) is 29.5. The van der Waals surface area contributed by atoms with E-state index in [1.54, 1.807) is 0 Å². The molecule has 214 valence electrons. The molecule has 2 aromatic carbocycles. The Morgan fingerprint density at radius 3 is 1.79 bits per heavy atom. The number of carboxylic acids is 1. The maximum Gasteiger partial charge on any atom is 0.303 e. The van der Waals surface area contributed by atoms with Gasteiger partial charge in [-0.1, -0.05) is 90.1 Å². The second-order valence-electron chi connectivity index (χ2n) is 13.5. The molecule has 39 heavy (non-hydrogen) atoms. The van der Waals surface area contributed by atoms with E-state index in [2.05, 4.69) is 134 Å². The fraction of sp³-hybridized carbons (Fsp3) is 0.485. The summed E-state index contributed by atoms with van der Waals surface area (Å²) in [6.45, 7) is 22.6. The Labute approximate surface area is 239 Å². The van der Waals surface area contributed by atoms with Gasteiger partial charge in [0.25, 0.3) is 16.6 Å². The molecule has 0 aromatic heterocycles. The molecule has 0 spiro atoms. The lowest BCUT2D eigenvalue weighted by Gasteiger charge is -2.39. The summed E-state index contributed by atoms with van der Waals surface area (Å²) in [5, 5.41) is 8.94. The Kier molecular flexibility index (Phi) is 11.0. The van der Waals surface area contributed by atoms with E-state index < -0.39 is 22.6 Å². The fourth-order valence-electron chi connectivity index (χ4n) is 3.37. The van der Waals surface area contributed by atoms with Crippen molar-refractivity contribution in [3.8, 4) is 11.5 Å². The first kappa shape index (κ1) is 32.6. The zero-order valence-electron chi connectivity index (χ0n) is 25.9. The number of benzene rings is 2. The van der Waals surface area contributed by atoms with E-state index in [1.807, 2.05) is 0 Å². The Morgan fingerprint density at radius 2 is 1.26 bits per heavy atom. The highest BCUT2D eigenvalue weighted by Gasteiger charge is 2.42. The quantitative estimate of drug-likeness (QED) is 0.158. The highest BCUT2D eigenvalue weighted by molar-refractivity contribution is 6.75. The molecule has 0 atom stereocenters. The van der Waals surface area contributed by atoms with Gasteiger partial charge in [-0.2, -0.15) is 0 Å². The van der Waals surface area contributed by atoms with Gasteiger partial charge in [-0.15, -0.1) is 0 Å². The second-order valence-corrected chi connectivity index (χ2v) is 22.9. The molecule has 4 nitrogen and oxygen atoms in total. The van der Waals surface area contributed by atoms with Crippen LogP contribution < -0.4 is 8.85 Å². The maximum absolute atomic E-state index is 10.6. The largest absolute Gasteiger partial charge is 0.541 e. The van der Waals surface area contributed by atoms with Crippen LogP contribution in [0.15, 0.2) is 48.5 Å². The van der Waals surface area contributed by atoms with Gasteiger partial charge in [0.15, 0.2) is 0 Å². The number of allylic oxidation sites excluding steroid dienone is 1. The molecule has 0 fully saturated rings. The van der Waals surface area contributed by atoms with Crippen molar-refractivity contribution in [2.45, 2.75) is 103 Å². The summed E-state index contributed by atoms with van der Waals surface area (Å²) in [5.41, 5.74) is 3.33. The number of carbonyl (C=O) groups is 1. The monoisotopic (exact) mass is 566 g/mol. The van der Waals surface area contributed by atoms with Crippen LogP contribution in [-0.4, -0.2) is 27.7 Å². The standard InChI is InChI=1S/C33H50O4Si2/c1-32(2,3)38(7,8)36-29-23-22-28(25-30(29)37-39(9,10)33(4,5)6)21-20-27-18-15-17-26(24-27)16-13-11-12-14-19-31(34)35/h13,15-18,20-25H,11-12,14,19H2,1-10H3,(H,34,35)/b16-13+,21-20+. The van der Waals surface area contributed by atoms with Crippen molar-refractivity contribution in [3.05, 3.63) is 65.2 Å². The summed E-state index contributed by atoms with van der Waals surface area (Å²) >= 11 is 0. The third-order valence-electron chi connectivity index (χ3n) is 8.01. The highest BCUT2D eigenvalue weighted by Crippen LogP contribution is 2.43. The number of unbranched alkanes of at least 4 members (excludes halogenated alkanes) is 2. The molecule has 1 N–H and O–H groups in total. The van der Waals surface area contributed by atoms with E-state index in [1.165, 1.54) is 0 Å². The van der Waals surface area contributed by atoms with E-state index in [9.17, 15) is 4.79 Å². The van der Waals surface area contributed by atoms with Gasteiger partial charge in [-0.25, -0.2) is 0 Å². The molecule has 0 saturated heterocycles. The van der Waals surface area contributed by atoms with Crippen molar-refractivity contribution in [3.63, 3.8) is 0 Å². The van der Waals surface area contributed by atoms with Crippen LogP contribution in [0.4, 0.5) is 0 Å². The third-order valence-corrected chi connectivity index (χ3v) is 16.7. The molecule has 0 heterocycles. The number of rotatable bonds is 12. The number of aliphatic carboxylic acids is 1. The molecule has 0 aliphatic rings. The van der Waals surface area contributed by atoms with Gasteiger partial charge >= 0.3 is 5.97 Å². The van der Waals surface area contributed by atoms with Crippen LogP contribution in [0.25, 0.3) is 18.2 Å². The maximum atomic E-state index is 10.6. The predicted molar refractivity (Wildman–Crippen MR) is 173 cm³/mol. The molecule has 6 heteroatoms. The summed E-state index contributed by atoms with van der Waals surface area (Å²) < 4.78 is 13.6. The lowest BCUT2D eigenvalue weighted by Crippen LogP contribution is -2.45. The van der Waals surface area contributed by atoms with Crippen LogP contribution in [-0.2, 0) is 4.79 Å². The highest BCUT2D eigenvalue weighted by atomic mass is 28.4. The summed E-state index contributed by atoms with van der Waals surface area (Å²) in [6.07, 6.45) is 11.2. The summed E-state index contributed by atoms with van der Waals surface area (Å²) in [7, 11) is -4.10. The fourth-order valence-corrected chi connectivity index (χ4v) is 5.41. The van der Waals surface area contributed by atoms with Crippen molar-refractivity contribution in [1.82, 2.24) is 0 Å². The molecular formula is C33H50O4Si2. The van der Waals surface area contributed by atoms with Gasteiger partial charge in [-0.3, -0.25) is 4.79 Å². The first-order valence-corrected chi connectivity index (χ1v) is 19.9. The minimum atomic E-state index is -2.07. The number of hydrogen-bond donors (Lipinski definition) is 1. The Hall–Kier alpha value is -2.58. The van der Waals surface area contributed by atoms with Gasteiger partial charge in [0.05, 0.1) is 0 Å². The zero-order valence-corrected chi connectivity index (χ0v) is 27.9. The van der Waals surface area contributed by atoms with Crippen LogP contribution in [0.2, 0.25) is 36.3 Å². The average molecular weight is 567 g/mol. The smallest absolute Gasteiger partial charge is 0.303 e. The van der Waals surface area contributed by atoms with Crippen molar-refractivity contribution < 1.29 is 18.8 Å². The Bertz CT molecular complexity index is 1160. The third kappa shape index (κ3) is 10.2. The van der Waals surface area contributed by atoms with E-state index in [0.29, 0.717) is 6.42 Å². The summed E-state index contributed by atoms with van der Waals surface area (Å²) in [5.74, 6) is 0.960. The van der Waals surface area contributed by atoms with Gasteiger partial charge in [-0.05, 0) is 90.4 Å². The van der Waals surface area contributed by atoms with Crippen molar-refractivity contribution in [1.29, 1.82) is 0 Å². The average Bonchev–Trinajstić information content (AvgIpc) is 2.79. The molecule has 0 unspecified atom stereocenters. The van der Waals surface area contributed by atoms with E-state index in [0.717, 1.165) is 41.0 Å². The van der Waals surface area contributed by atoms with Crippen LogP contribution in [0, 0.1) is 0 Å². The lowest BCUT2D eigenvalue weighted by molar-refractivity contribution is -0.137. The van der Waals surface area contributed by atoms with Crippen LogP contribution in [0.3, 0.4) is 0 Å². The van der Waals surface area contributed by atoms with Gasteiger partial charge in [0, 0.05) is 6.42 Å². The van der Waals surface area contributed by atoms with Crippen molar-refractivity contribution in [2.75, 3.05) is 0 Å². The van der Waals surface area contributed by atoms with Crippen LogP contribution in [0.1, 0.15) is 83.9 Å². The molecular weight excluding hydrogens is 517 g/mol. The molecule has 0 saturated carbocycles. The van der Waals surface area contributed by atoms with Gasteiger partial charge in [0.2, 0.25) is 0 Å². The number of hydrogen-bond acceptors (Lipinski definition) is 3. The Morgan fingerprint density at radius 1 is 0.744 bits per heavy atom. The predicted octanol–water partition coefficient (Wildman–Crippen LogP) is 10.3. The normalized spacial score (nSPS) is 13.3.